The van der Waals surface area contributed by atoms with Gasteiger partial charge >= 0.3 is 0 Å². The van der Waals surface area contributed by atoms with Gasteiger partial charge in [0.1, 0.15) is 5.69 Å². The minimum Gasteiger partial charge on any atom is -0.392 e. The number of nitro benzene ring substituents is 1. The summed E-state index contributed by atoms with van der Waals surface area (Å²) in [5.41, 5.74) is 5.38. The van der Waals surface area contributed by atoms with Crippen LogP contribution >= 0.6 is 15.9 Å². The molecular formula is C12H16BrN3O3. The second-order valence-electron chi connectivity index (χ2n) is 5.17. The molecule has 0 saturated heterocycles. The molecule has 0 spiro atoms. The number of anilines is 1. The van der Waals surface area contributed by atoms with Gasteiger partial charge in [0.2, 0.25) is 0 Å². The molecule has 7 heteroatoms. The summed E-state index contributed by atoms with van der Waals surface area (Å²) in [4.78, 5) is 22.2. The first-order valence-corrected chi connectivity index (χ1v) is 6.43. The van der Waals surface area contributed by atoms with E-state index in [2.05, 4.69) is 21.2 Å². The Morgan fingerprint density at radius 1 is 1.47 bits per heavy atom. The number of halogens is 1. The third-order valence-electron chi connectivity index (χ3n) is 2.41. The van der Waals surface area contributed by atoms with Crippen LogP contribution in [-0.4, -0.2) is 22.8 Å². The van der Waals surface area contributed by atoms with Gasteiger partial charge in [-0.2, -0.15) is 0 Å². The Bertz CT molecular complexity index is 524. The molecule has 1 rings (SSSR count). The molecule has 0 amide bonds. The molecule has 0 radical (unpaired) electrons. The number of carbonyl (C=O) groups excluding carboxylic acids is 1. The molecule has 0 aromatic heterocycles. The third-order valence-corrected chi connectivity index (χ3v) is 3.06. The van der Waals surface area contributed by atoms with Crippen molar-refractivity contribution < 1.29 is 9.72 Å². The molecule has 1 aromatic rings. The molecule has 0 aliphatic carbocycles. The molecule has 0 heterocycles. The number of nitrogen functional groups attached to an aromatic ring is 1. The van der Waals surface area contributed by atoms with Gasteiger partial charge in [-0.05, 0) is 42.8 Å². The molecule has 3 N–H and O–H groups in total. The predicted octanol–water partition coefficient (Wildman–Crippen LogP) is 2.51. The van der Waals surface area contributed by atoms with Crippen LogP contribution < -0.4 is 11.1 Å². The normalized spacial score (nSPS) is 11.4. The molecule has 6 nitrogen and oxygen atoms in total. The van der Waals surface area contributed by atoms with E-state index in [1.165, 1.54) is 12.1 Å². The van der Waals surface area contributed by atoms with Gasteiger partial charge in [0, 0.05) is 21.6 Å². The first-order chi connectivity index (χ1) is 8.61. The average Bonchev–Trinajstić information content (AvgIpc) is 2.28. The summed E-state index contributed by atoms with van der Waals surface area (Å²) in [7, 11) is 0. The number of hydrogen-bond donors (Lipinski definition) is 2. The van der Waals surface area contributed by atoms with E-state index in [0.717, 1.165) is 0 Å². The SMILES string of the molecule is CC(C)(C)NCC(=O)c1cc(Br)c(N)c([N+](=O)[O-])c1. The lowest BCUT2D eigenvalue weighted by atomic mass is 10.1. The van der Waals surface area contributed by atoms with Crippen molar-refractivity contribution in [2.24, 2.45) is 0 Å². The number of nitrogens with zero attached hydrogens (tertiary/aromatic N) is 1. The maximum atomic E-state index is 12.0. The fourth-order valence-corrected chi connectivity index (χ4v) is 1.81. The molecule has 19 heavy (non-hydrogen) atoms. The van der Waals surface area contributed by atoms with Crippen LogP contribution in [0.5, 0.6) is 0 Å². The summed E-state index contributed by atoms with van der Waals surface area (Å²) in [6.45, 7) is 5.90. The van der Waals surface area contributed by atoms with Crippen molar-refractivity contribution >= 4 is 33.1 Å². The number of Topliss-reactive ketones (excluding diaryl/α,β-unsaturated/α-hetero) is 1. The van der Waals surface area contributed by atoms with Gasteiger partial charge in [0.05, 0.1) is 11.5 Å². The number of hydrogen-bond acceptors (Lipinski definition) is 5. The number of carbonyl (C=O) groups is 1. The highest BCUT2D eigenvalue weighted by atomic mass is 79.9. The first kappa shape index (κ1) is 15.6. The monoisotopic (exact) mass is 329 g/mol. The molecular weight excluding hydrogens is 314 g/mol. The lowest BCUT2D eigenvalue weighted by Gasteiger charge is -2.19. The number of benzene rings is 1. The minimum absolute atomic E-state index is 0.0188. The van der Waals surface area contributed by atoms with E-state index in [0.29, 0.717) is 4.47 Å². The lowest BCUT2D eigenvalue weighted by molar-refractivity contribution is -0.384. The van der Waals surface area contributed by atoms with Crippen LogP contribution in [0.2, 0.25) is 0 Å². The average molecular weight is 330 g/mol. The molecule has 0 aliphatic rings. The highest BCUT2D eigenvalue weighted by Crippen LogP contribution is 2.31. The van der Waals surface area contributed by atoms with E-state index in [4.69, 9.17) is 5.73 Å². The summed E-state index contributed by atoms with van der Waals surface area (Å²) in [6.07, 6.45) is 0. The number of ketones is 1. The Kier molecular flexibility index (Phi) is 4.65. The van der Waals surface area contributed by atoms with Crippen LogP contribution in [-0.2, 0) is 0 Å². The van der Waals surface area contributed by atoms with E-state index < -0.39 is 4.92 Å². The van der Waals surface area contributed by atoms with Crippen LogP contribution in [0.15, 0.2) is 16.6 Å². The molecule has 0 saturated carbocycles. The Balaban J connectivity index is 3.02. The maximum absolute atomic E-state index is 12.0. The van der Waals surface area contributed by atoms with E-state index in [-0.39, 0.29) is 34.8 Å². The van der Waals surface area contributed by atoms with Gasteiger partial charge in [-0.3, -0.25) is 14.9 Å². The lowest BCUT2D eigenvalue weighted by Crippen LogP contribution is -2.39. The highest BCUT2D eigenvalue weighted by Gasteiger charge is 2.20. The Morgan fingerprint density at radius 2 is 2.05 bits per heavy atom. The van der Waals surface area contributed by atoms with E-state index in [1.807, 2.05) is 20.8 Å². The molecule has 0 unspecified atom stereocenters. The largest absolute Gasteiger partial charge is 0.392 e. The Morgan fingerprint density at radius 3 is 2.53 bits per heavy atom. The first-order valence-electron chi connectivity index (χ1n) is 5.63. The zero-order chi connectivity index (χ0) is 14.8. The summed E-state index contributed by atoms with van der Waals surface area (Å²) in [5.74, 6) is -0.223. The Hall–Kier alpha value is -1.47. The third kappa shape index (κ3) is 4.29. The highest BCUT2D eigenvalue weighted by molar-refractivity contribution is 9.10. The summed E-state index contributed by atoms with van der Waals surface area (Å²) in [5, 5.41) is 13.9. The van der Waals surface area contributed by atoms with Crippen LogP contribution in [0.3, 0.4) is 0 Å². The zero-order valence-corrected chi connectivity index (χ0v) is 12.6. The zero-order valence-electron chi connectivity index (χ0n) is 11.0. The number of rotatable bonds is 4. The second-order valence-corrected chi connectivity index (χ2v) is 6.03. The van der Waals surface area contributed by atoms with Crippen molar-refractivity contribution in [1.29, 1.82) is 0 Å². The maximum Gasteiger partial charge on any atom is 0.294 e. The number of nitrogens with two attached hydrogens (primary N) is 1. The van der Waals surface area contributed by atoms with E-state index >= 15 is 0 Å². The van der Waals surface area contributed by atoms with Crippen molar-refractivity contribution in [3.63, 3.8) is 0 Å². The van der Waals surface area contributed by atoms with Crippen molar-refractivity contribution in [1.82, 2.24) is 5.32 Å². The molecule has 0 bridgehead atoms. The van der Waals surface area contributed by atoms with Crippen LogP contribution in [0.1, 0.15) is 31.1 Å². The summed E-state index contributed by atoms with van der Waals surface area (Å²) >= 11 is 3.12. The fourth-order valence-electron chi connectivity index (χ4n) is 1.36. The molecule has 0 aliphatic heterocycles. The van der Waals surface area contributed by atoms with Gasteiger partial charge in [-0.15, -0.1) is 0 Å². The molecule has 1 aromatic carbocycles. The number of nitro groups is 1. The summed E-state index contributed by atoms with van der Waals surface area (Å²) < 4.78 is 0.348. The minimum atomic E-state index is -0.603. The standard InChI is InChI=1S/C12H16BrN3O3/c1-12(2,3)15-6-10(17)7-4-8(13)11(14)9(5-7)16(18)19/h4-5,15H,6,14H2,1-3H3. The van der Waals surface area contributed by atoms with Gasteiger partial charge in [0.25, 0.3) is 5.69 Å². The predicted molar refractivity (Wildman–Crippen MR) is 77.3 cm³/mol. The topological polar surface area (TPSA) is 98.3 Å². The van der Waals surface area contributed by atoms with Crippen molar-refractivity contribution in [2.45, 2.75) is 26.3 Å². The number of nitrogens with one attached hydrogen (secondary N) is 1. The van der Waals surface area contributed by atoms with Crippen LogP contribution in [0, 0.1) is 10.1 Å². The molecule has 104 valence electrons. The van der Waals surface area contributed by atoms with Gasteiger partial charge in [-0.25, -0.2) is 0 Å². The van der Waals surface area contributed by atoms with Crippen molar-refractivity contribution in [3.8, 4) is 0 Å². The molecule has 0 atom stereocenters. The van der Waals surface area contributed by atoms with Gasteiger partial charge < -0.3 is 11.1 Å². The smallest absolute Gasteiger partial charge is 0.294 e. The van der Waals surface area contributed by atoms with Gasteiger partial charge in [-0.1, -0.05) is 0 Å². The van der Waals surface area contributed by atoms with Crippen molar-refractivity contribution in [2.75, 3.05) is 12.3 Å². The van der Waals surface area contributed by atoms with Crippen molar-refractivity contribution in [3.05, 3.63) is 32.3 Å². The van der Waals surface area contributed by atoms with E-state index in [1.54, 1.807) is 0 Å². The summed E-state index contributed by atoms with van der Waals surface area (Å²) in [6, 6.07) is 2.70. The fraction of sp³-hybridized carbons (Fsp3) is 0.417. The molecule has 0 fully saturated rings. The van der Waals surface area contributed by atoms with Crippen LogP contribution in [0.25, 0.3) is 0 Å². The van der Waals surface area contributed by atoms with E-state index in [9.17, 15) is 14.9 Å². The Labute approximate surface area is 119 Å². The van der Waals surface area contributed by atoms with Gasteiger partial charge in [0.15, 0.2) is 5.78 Å². The quantitative estimate of drug-likeness (QED) is 0.382. The second kappa shape index (κ2) is 5.66. The van der Waals surface area contributed by atoms with Crippen LogP contribution in [0.4, 0.5) is 11.4 Å².